The number of rotatable bonds is 4. The maximum Gasteiger partial charge on any atom is 0.319 e. The maximum absolute atomic E-state index is 11.4. The molecule has 3 rings (SSSR count). The highest BCUT2D eigenvalue weighted by molar-refractivity contribution is 7.19. The fourth-order valence-corrected chi connectivity index (χ4v) is 4.26. The van der Waals surface area contributed by atoms with Gasteiger partial charge in [-0.2, -0.15) is 0 Å². The molecule has 7 heteroatoms. The lowest BCUT2D eigenvalue weighted by Crippen LogP contribution is -2.38. The molecule has 0 aromatic carbocycles. The van der Waals surface area contributed by atoms with Gasteiger partial charge in [0.15, 0.2) is 0 Å². The Balaban J connectivity index is 1.73. The summed E-state index contributed by atoms with van der Waals surface area (Å²) in [6.07, 6.45) is 4.31. The zero-order valence-corrected chi connectivity index (χ0v) is 13.3. The Hall–Kier alpha value is -1.24. The van der Waals surface area contributed by atoms with Crippen molar-refractivity contribution in [3.63, 3.8) is 0 Å². The molecule has 0 saturated carbocycles. The predicted octanol–water partition coefficient (Wildman–Crippen LogP) is 2.35. The number of esters is 1. The average Bonchev–Trinajstić information content (AvgIpc) is 2.84. The third kappa shape index (κ3) is 3.02. The van der Waals surface area contributed by atoms with Crippen LogP contribution in [0.15, 0.2) is 6.33 Å². The first kappa shape index (κ1) is 14.7. The Morgan fingerprint density at radius 2 is 2.43 bits per heavy atom. The molecule has 2 aromatic rings. The smallest absolute Gasteiger partial charge is 0.319 e. The Labute approximate surface area is 131 Å². The minimum Gasteiger partial charge on any atom is -0.465 e. The van der Waals surface area contributed by atoms with Crippen LogP contribution in [0.4, 0.5) is 0 Å². The highest BCUT2D eigenvalue weighted by atomic mass is 35.5. The van der Waals surface area contributed by atoms with Crippen molar-refractivity contribution in [1.29, 1.82) is 0 Å². The van der Waals surface area contributed by atoms with Crippen molar-refractivity contribution in [3.05, 3.63) is 21.9 Å². The summed E-state index contributed by atoms with van der Waals surface area (Å²) in [4.78, 5) is 22.0. The van der Waals surface area contributed by atoms with Gasteiger partial charge in [0, 0.05) is 10.9 Å². The zero-order chi connectivity index (χ0) is 14.8. The molecule has 0 radical (unpaired) electrons. The number of thiophene rings is 1. The van der Waals surface area contributed by atoms with Gasteiger partial charge in [0.05, 0.1) is 18.5 Å². The van der Waals surface area contributed by atoms with E-state index in [0.717, 1.165) is 29.5 Å². The minimum atomic E-state index is -0.200. The molecule has 1 N–H and O–H groups in total. The number of carbonyl (C=O) groups is 1. The van der Waals surface area contributed by atoms with E-state index in [1.54, 1.807) is 11.3 Å². The van der Waals surface area contributed by atoms with E-state index in [-0.39, 0.29) is 12.5 Å². The minimum absolute atomic E-state index is 0.200. The van der Waals surface area contributed by atoms with Crippen LogP contribution in [-0.2, 0) is 22.4 Å². The van der Waals surface area contributed by atoms with Gasteiger partial charge >= 0.3 is 5.97 Å². The number of nitrogens with zero attached hydrogens (tertiary/aromatic N) is 2. The molecular weight excluding hydrogens is 310 g/mol. The van der Waals surface area contributed by atoms with Crippen LogP contribution >= 0.6 is 22.9 Å². The monoisotopic (exact) mass is 325 g/mol. The van der Waals surface area contributed by atoms with Gasteiger partial charge in [0.2, 0.25) is 0 Å². The number of aromatic nitrogens is 2. The highest BCUT2D eigenvalue weighted by Gasteiger charge is 2.24. The fraction of sp³-hybridized carbons (Fsp3) is 0.500. The second kappa shape index (κ2) is 6.25. The lowest BCUT2D eigenvalue weighted by atomic mass is 9.93. The first-order chi connectivity index (χ1) is 10.2. The number of nitrogens with one attached hydrogen (secondary N) is 1. The molecule has 0 aliphatic heterocycles. The number of fused-ring (bicyclic) bond motifs is 3. The summed E-state index contributed by atoms with van der Waals surface area (Å²) in [5, 5.41) is 4.81. The average molecular weight is 326 g/mol. The molecule has 1 aliphatic carbocycles. The van der Waals surface area contributed by atoms with Gasteiger partial charge < -0.3 is 10.1 Å². The van der Waals surface area contributed by atoms with E-state index >= 15 is 0 Å². The van der Waals surface area contributed by atoms with Crippen LogP contribution in [0.3, 0.4) is 0 Å². The van der Waals surface area contributed by atoms with Crippen molar-refractivity contribution in [2.75, 3.05) is 13.2 Å². The first-order valence-corrected chi connectivity index (χ1v) is 8.18. The molecule has 2 aromatic heterocycles. The topological polar surface area (TPSA) is 64.1 Å². The molecule has 2 heterocycles. The SMILES string of the molecule is CCOC(=O)CNC1CCc2c(sc3ncnc(Cl)c23)C1. The van der Waals surface area contributed by atoms with E-state index in [9.17, 15) is 4.79 Å². The molecule has 112 valence electrons. The Morgan fingerprint density at radius 1 is 1.57 bits per heavy atom. The van der Waals surface area contributed by atoms with E-state index < -0.39 is 0 Å². The third-order valence-electron chi connectivity index (χ3n) is 3.64. The summed E-state index contributed by atoms with van der Waals surface area (Å²) in [6.45, 7) is 2.49. The summed E-state index contributed by atoms with van der Waals surface area (Å²) in [5.41, 5.74) is 1.27. The summed E-state index contributed by atoms with van der Waals surface area (Å²) >= 11 is 7.86. The number of halogens is 1. The van der Waals surface area contributed by atoms with Crippen LogP contribution in [0, 0.1) is 0 Å². The Kier molecular flexibility index (Phi) is 4.37. The van der Waals surface area contributed by atoms with Gasteiger partial charge in [0.25, 0.3) is 0 Å². The number of ether oxygens (including phenoxy) is 1. The van der Waals surface area contributed by atoms with Crippen molar-refractivity contribution >= 4 is 39.1 Å². The largest absolute Gasteiger partial charge is 0.465 e. The quantitative estimate of drug-likeness (QED) is 0.690. The third-order valence-corrected chi connectivity index (χ3v) is 5.09. The molecule has 1 aliphatic rings. The summed E-state index contributed by atoms with van der Waals surface area (Å²) in [5.74, 6) is -0.200. The van der Waals surface area contributed by atoms with Crippen LogP contribution in [0.25, 0.3) is 10.2 Å². The van der Waals surface area contributed by atoms with Crippen LogP contribution in [0.5, 0.6) is 0 Å². The molecule has 1 atom stereocenters. The van der Waals surface area contributed by atoms with Crippen molar-refractivity contribution in [2.24, 2.45) is 0 Å². The predicted molar refractivity (Wildman–Crippen MR) is 82.9 cm³/mol. The van der Waals surface area contributed by atoms with Gasteiger partial charge in [-0.25, -0.2) is 9.97 Å². The van der Waals surface area contributed by atoms with E-state index in [1.165, 1.54) is 16.8 Å². The normalized spacial score (nSPS) is 17.7. The lowest BCUT2D eigenvalue weighted by Gasteiger charge is -2.23. The Bertz CT molecular complexity index is 674. The number of carbonyl (C=O) groups excluding carboxylic acids is 1. The second-order valence-corrected chi connectivity index (χ2v) is 6.42. The Morgan fingerprint density at radius 3 is 3.24 bits per heavy atom. The summed E-state index contributed by atoms with van der Waals surface area (Å²) in [7, 11) is 0. The van der Waals surface area contributed by atoms with Gasteiger partial charge in [0.1, 0.15) is 16.3 Å². The van der Waals surface area contributed by atoms with E-state index in [1.807, 2.05) is 6.92 Å². The van der Waals surface area contributed by atoms with Crippen molar-refractivity contribution in [3.8, 4) is 0 Å². The van der Waals surface area contributed by atoms with Gasteiger partial charge in [-0.05, 0) is 31.7 Å². The molecule has 0 bridgehead atoms. The molecule has 0 amide bonds. The van der Waals surface area contributed by atoms with Crippen LogP contribution in [-0.4, -0.2) is 35.1 Å². The molecule has 1 unspecified atom stereocenters. The summed E-state index contributed by atoms with van der Waals surface area (Å²) < 4.78 is 4.93. The molecule has 0 saturated heterocycles. The highest BCUT2D eigenvalue weighted by Crippen LogP contribution is 2.37. The van der Waals surface area contributed by atoms with Gasteiger partial charge in [-0.15, -0.1) is 11.3 Å². The molecule has 5 nitrogen and oxygen atoms in total. The van der Waals surface area contributed by atoms with E-state index in [0.29, 0.717) is 17.8 Å². The molecule has 0 spiro atoms. The van der Waals surface area contributed by atoms with Gasteiger partial charge in [-0.3, -0.25) is 4.79 Å². The number of hydrogen-bond donors (Lipinski definition) is 1. The number of aryl methyl sites for hydroxylation is 1. The fourth-order valence-electron chi connectivity index (χ4n) is 2.69. The van der Waals surface area contributed by atoms with E-state index in [2.05, 4.69) is 15.3 Å². The van der Waals surface area contributed by atoms with Crippen molar-refractivity contribution < 1.29 is 9.53 Å². The number of hydrogen-bond acceptors (Lipinski definition) is 6. The zero-order valence-electron chi connectivity index (χ0n) is 11.7. The van der Waals surface area contributed by atoms with Crippen molar-refractivity contribution in [2.45, 2.75) is 32.2 Å². The van der Waals surface area contributed by atoms with E-state index in [4.69, 9.17) is 16.3 Å². The van der Waals surface area contributed by atoms with Crippen molar-refractivity contribution in [1.82, 2.24) is 15.3 Å². The van der Waals surface area contributed by atoms with Crippen LogP contribution in [0.2, 0.25) is 5.15 Å². The molecule has 21 heavy (non-hydrogen) atoms. The van der Waals surface area contributed by atoms with Crippen LogP contribution in [0.1, 0.15) is 23.8 Å². The second-order valence-electron chi connectivity index (χ2n) is 4.97. The lowest BCUT2D eigenvalue weighted by molar-refractivity contribution is -0.142. The van der Waals surface area contributed by atoms with Crippen LogP contribution < -0.4 is 5.32 Å². The van der Waals surface area contributed by atoms with Gasteiger partial charge in [-0.1, -0.05) is 11.6 Å². The first-order valence-electron chi connectivity index (χ1n) is 6.98. The molecule has 0 fully saturated rings. The summed E-state index contributed by atoms with van der Waals surface area (Å²) in [6, 6.07) is 0.293. The molecular formula is C14H16ClN3O2S. The maximum atomic E-state index is 11.4. The standard InChI is InChI=1S/C14H16ClN3O2S/c1-2-20-11(19)6-16-8-3-4-9-10(5-8)21-14-12(9)13(15)17-7-18-14/h7-8,16H,2-6H2,1H3.